The lowest BCUT2D eigenvalue weighted by molar-refractivity contribution is 0.102. The Morgan fingerprint density at radius 1 is 1.23 bits per heavy atom. The van der Waals surface area contributed by atoms with Crippen molar-refractivity contribution < 1.29 is 4.79 Å². The number of aryl methyl sites for hydroxylation is 1. The number of carbonyl (C=O) groups is 1. The van der Waals surface area contributed by atoms with Crippen LogP contribution in [0.1, 0.15) is 61.8 Å². The second-order valence-electron chi connectivity index (χ2n) is 7.93. The summed E-state index contributed by atoms with van der Waals surface area (Å²) in [7, 11) is 0. The molecular weight excluding hydrogens is 414 g/mol. The molecule has 0 amide bonds. The topological polar surface area (TPSA) is 116 Å². The molecule has 31 heavy (non-hydrogen) atoms. The van der Waals surface area contributed by atoms with Crippen molar-refractivity contribution in [2.24, 2.45) is 0 Å². The molecular formula is C22H27N5O3S. The fourth-order valence-electron chi connectivity index (χ4n) is 3.81. The summed E-state index contributed by atoms with van der Waals surface area (Å²) < 4.78 is 3.48. The van der Waals surface area contributed by atoms with Crippen molar-refractivity contribution in [3.05, 3.63) is 50.7 Å². The van der Waals surface area contributed by atoms with Gasteiger partial charge in [-0.05, 0) is 31.4 Å². The molecule has 1 saturated carbocycles. The Hall–Kier alpha value is -2.81. The molecule has 0 radical (unpaired) electrons. The number of imidazole rings is 1. The number of thioether (sulfide) groups is 1. The van der Waals surface area contributed by atoms with Crippen LogP contribution in [0.5, 0.6) is 0 Å². The van der Waals surface area contributed by atoms with Gasteiger partial charge in [0.1, 0.15) is 11.4 Å². The Kier molecular flexibility index (Phi) is 6.31. The van der Waals surface area contributed by atoms with Crippen LogP contribution in [-0.4, -0.2) is 30.6 Å². The molecule has 4 rings (SSSR count). The van der Waals surface area contributed by atoms with Crippen LogP contribution >= 0.6 is 11.8 Å². The van der Waals surface area contributed by atoms with Crippen LogP contribution in [0.25, 0.3) is 11.0 Å². The SMILES string of the molecule is CCCCCCn1c(SCC(=O)c2c(N)n(C3CC3)c(=O)[nH]c2=O)nc2ccccc21. The molecule has 1 aliphatic rings. The minimum absolute atomic E-state index is 0.0223. The molecule has 164 valence electrons. The molecule has 0 unspecified atom stereocenters. The fourth-order valence-corrected chi connectivity index (χ4v) is 4.72. The second kappa shape index (κ2) is 9.13. The number of hydrogen-bond donors (Lipinski definition) is 2. The Morgan fingerprint density at radius 2 is 2.00 bits per heavy atom. The zero-order valence-corrected chi connectivity index (χ0v) is 18.4. The number of nitrogens with zero attached hydrogens (tertiary/aromatic N) is 3. The summed E-state index contributed by atoms with van der Waals surface area (Å²) in [4.78, 5) is 44.3. The zero-order chi connectivity index (χ0) is 22.0. The van der Waals surface area contributed by atoms with Gasteiger partial charge in [0.05, 0.1) is 16.8 Å². The number of nitrogens with one attached hydrogen (secondary N) is 1. The third kappa shape index (κ3) is 4.46. The second-order valence-corrected chi connectivity index (χ2v) is 8.87. The highest BCUT2D eigenvalue weighted by atomic mass is 32.2. The average molecular weight is 442 g/mol. The standard InChI is InChI=1S/C22H27N5O3S/c1-2-3-4-7-12-26-16-9-6-5-8-15(16)24-22(26)31-13-17(28)18-19(23)27(14-10-11-14)21(30)25-20(18)29/h5-6,8-9,14H,2-4,7,10-13,23H2,1H3,(H,25,29,30). The molecule has 2 aromatic heterocycles. The van der Waals surface area contributed by atoms with Crippen LogP contribution in [0.15, 0.2) is 39.0 Å². The molecule has 2 heterocycles. The normalized spacial score (nSPS) is 13.7. The van der Waals surface area contributed by atoms with E-state index in [1.807, 2.05) is 24.3 Å². The van der Waals surface area contributed by atoms with Gasteiger partial charge in [0.15, 0.2) is 10.9 Å². The lowest BCUT2D eigenvalue weighted by atomic mass is 10.2. The van der Waals surface area contributed by atoms with E-state index in [2.05, 4.69) is 16.5 Å². The fraction of sp³-hybridized carbons (Fsp3) is 0.455. The number of unbranched alkanes of at least 4 members (excludes halogenated alkanes) is 3. The van der Waals surface area contributed by atoms with Gasteiger partial charge in [-0.25, -0.2) is 9.78 Å². The van der Waals surface area contributed by atoms with Crippen molar-refractivity contribution in [3.63, 3.8) is 0 Å². The molecule has 0 aliphatic heterocycles. The van der Waals surface area contributed by atoms with E-state index >= 15 is 0 Å². The monoisotopic (exact) mass is 441 g/mol. The van der Waals surface area contributed by atoms with Gasteiger partial charge in [-0.2, -0.15) is 0 Å². The summed E-state index contributed by atoms with van der Waals surface area (Å²) in [5.41, 5.74) is 6.58. The molecule has 1 aliphatic carbocycles. The van der Waals surface area contributed by atoms with E-state index in [0.29, 0.717) is 0 Å². The van der Waals surface area contributed by atoms with Gasteiger partial charge >= 0.3 is 5.69 Å². The van der Waals surface area contributed by atoms with Gasteiger partial charge in [0.25, 0.3) is 5.56 Å². The first-order valence-corrected chi connectivity index (χ1v) is 11.8. The maximum atomic E-state index is 12.9. The number of ketones is 1. The third-order valence-electron chi connectivity index (χ3n) is 5.56. The molecule has 0 spiro atoms. The van der Waals surface area contributed by atoms with Gasteiger partial charge in [-0.1, -0.05) is 50.1 Å². The number of anilines is 1. The van der Waals surface area contributed by atoms with E-state index in [-0.39, 0.29) is 23.2 Å². The van der Waals surface area contributed by atoms with Crippen LogP contribution in [0.2, 0.25) is 0 Å². The third-order valence-corrected chi connectivity index (χ3v) is 6.54. The zero-order valence-electron chi connectivity index (χ0n) is 17.6. The van der Waals surface area contributed by atoms with E-state index in [0.717, 1.165) is 48.4 Å². The number of H-pyrrole nitrogens is 1. The smallest absolute Gasteiger partial charge is 0.330 e. The van der Waals surface area contributed by atoms with Crippen LogP contribution in [-0.2, 0) is 6.54 Å². The Balaban J connectivity index is 1.57. The highest BCUT2D eigenvalue weighted by molar-refractivity contribution is 7.99. The largest absolute Gasteiger partial charge is 0.384 e. The van der Waals surface area contributed by atoms with Gasteiger partial charge in [-0.3, -0.25) is 19.1 Å². The molecule has 3 N–H and O–H groups in total. The lowest BCUT2D eigenvalue weighted by Crippen LogP contribution is -2.36. The van der Waals surface area contributed by atoms with E-state index < -0.39 is 17.0 Å². The summed E-state index contributed by atoms with van der Waals surface area (Å²) in [6.45, 7) is 3.01. The summed E-state index contributed by atoms with van der Waals surface area (Å²) >= 11 is 1.30. The van der Waals surface area contributed by atoms with Crippen molar-refractivity contribution in [3.8, 4) is 0 Å². The van der Waals surface area contributed by atoms with Gasteiger partial charge in [-0.15, -0.1) is 0 Å². The Labute approximate surface area is 183 Å². The maximum absolute atomic E-state index is 12.9. The van der Waals surface area contributed by atoms with E-state index in [1.165, 1.54) is 29.2 Å². The quantitative estimate of drug-likeness (QED) is 0.283. The summed E-state index contributed by atoms with van der Waals surface area (Å²) in [6, 6.07) is 7.88. The van der Waals surface area contributed by atoms with E-state index in [9.17, 15) is 14.4 Å². The first kappa shape index (κ1) is 21.4. The first-order chi connectivity index (χ1) is 15.0. The number of benzene rings is 1. The molecule has 0 bridgehead atoms. The summed E-state index contributed by atoms with van der Waals surface area (Å²) in [5.74, 6) is -0.410. The first-order valence-electron chi connectivity index (χ1n) is 10.8. The Bertz CT molecular complexity index is 1220. The van der Waals surface area contributed by atoms with Gasteiger partial charge < -0.3 is 10.3 Å². The molecule has 8 nitrogen and oxygen atoms in total. The maximum Gasteiger partial charge on any atom is 0.330 e. The molecule has 0 atom stereocenters. The molecule has 0 saturated heterocycles. The lowest BCUT2D eigenvalue weighted by Gasteiger charge is -2.11. The van der Waals surface area contributed by atoms with Crippen molar-refractivity contribution in [2.75, 3.05) is 11.5 Å². The predicted molar refractivity (Wildman–Crippen MR) is 123 cm³/mol. The van der Waals surface area contributed by atoms with Crippen molar-refractivity contribution in [1.82, 2.24) is 19.1 Å². The summed E-state index contributed by atoms with van der Waals surface area (Å²) in [6.07, 6.45) is 6.17. The Morgan fingerprint density at radius 3 is 2.74 bits per heavy atom. The average Bonchev–Trinajstić information content (AvgIpc) is 3.50. The number of hydrogen-bond acceptors (Lipinski definition) is 6. The van der Waals surface area contributed by atoms with E-state index in [4.69, 9.17) is 10.7 Å². The summed E-state index contributed by atoms with van der Waals surface area (Å²) in [5, 5.41) is 0.747. The number of carbonyl (C=O) groups excluding carboxylic acids is 1. The number of rotatable bonds is 10. The predicted octanol–water partition coefficient (Wildman–Crippen LogP) is 3.36. The van der Waals surface area contributed by atoms with Crippen LogP contribution in [0.4, 0.5) is 5.82 Å². The van der Waals surface area contributed by atoms with Crippen LogP contribution in [0, 0.1) is 0 Å². The number of fused-ring (bicyclic) bond motifs is 1. The number of nitrogens with two attached hydrogens (primary N) is 1. The number of aromatic nitrogens is 4. The highest BCUT2D eigenvalue weighted by Crippen LogP contribution is 2.35. The molecule has 3 aromatic rings. The van der Waals surface area contributed by atoms with Crippen LogP contribution in [0.3, 0.4) is 0 Å². The van der Waals surface area contributed by atoms with Crippen LogP contribution < -0.4 is 17.0 Å². The molecule has 1 fully saturated rings. The number of para-hydroxylation sites is 2. The molecule has 9 heteroatoms. The van der Waals surface area contributed by atoms with Crippen molar-refractivity contribution in [1.29, 1.82) is 0 Å². The van der Waals surface area contributed by atoms with E-state index in [1.54, 1.807) is 0 Å². The number of nitrogen functional groups attached to an aromatic ring is 1. The minimum Gasteiger partial charge on any atom is -0.384 e. The minimum atomic E-state index is -0.724. The van der Waals surface area contributed by atoms with Gasteiger partial charge in [0.2, 0.25) is 0 Å². The highest BCUT2D eigenvalue weighted by Gasteiger charge is 2.30. The number of aromatic amines is 1. The molecule has 1 aromatic carbocycles. The number of Topliss-reactive ketones (excluding diaryl/α,β-unsaturated/α-hetero) is 1. The van der Waals surface area contributed by atoms with Gasteiger partial charge in [0, 0.05) is 12.6 Å². The van der Waals surface area contributed by atoms with Crippen molar-refractivity contribution in [2.45, 2.75) is 63.2 Å². The van der Waals surface area contributed by atoms with Crippen molar-refractivity contribution >= 4 is 34.4 Å².